The van der Waals surface area contributed by atoms with Gasteiger partial charge in [-0.15, -0.1) is 0 Å². The highest BCUT2D eigenvalue weighted by Crippen LogP contribution is 2.27. The largest absolute Gasteiger partial charge is 0.356 e. The fourth-order valence-electron chi connectivity index (χ4n) is 2.28. The van der Waals surface area contributed by atoms with E-state index >= 15 is 0 Å². The van der Waals surface area contributed by atoms with E-state index in [-0.39, 0.29) is 5.56 Å². The van der Waals surface area contributed by atoms with Crippen LogP contribution in [0.15, 0.2) is 15.6 Å². The molecular weight excluding hydrogens is 284 g/mol. The second-order valence-electron chi connectivity index (χ2n) is 4.55. The van der Waals surface area contributed by atoms with E-state index in [2.05, 4.69) is 30.8 Å². The zero-order chi connectivity index (χ0) is 12.4. The molecule has 0 bridgehead atoms. The molecule has 1 heterocycles. The Bertz CT molecular complexity index is 439. The van der Waals surface area contributed by atoms with Gasteiger partial charge in [0.25, 0.3) is 5.56 Å². The summed E-state index contributed by atoms with van der Waals surface area (Å²) in [6, 6.07) is 0.746. The maximum absolute atomic E-state index is 11.5. The Kier molecular flexibility index (Phi) is 3.83. The van der Waals surface area contributed by atoms with Crippen LogP contribution < -0.4 is 16.2 Å². The van der Waals surface area contributed by atoms with Gasteiger partial charge in [-0.2, -0.15) is 0 Å². The lowest BCUT2D eigenvalue weighted by Crippen LogP contribution is -2.39. The molecule has 0 saturated heterocycles. The lowest BCUT2D eigenvalue weighted by molar-refractivity contribution is 0.383. The summed E-state index contributed by atoms with van der Waals surface area (Å²) in [7, 11) is 1.98. The molecule has 1 fully saturated rings. The molecule has 0 amide bonds. The molecule has 0 spiro atoms. The van der Waals surface area contributed by atoms with Crippen molar-refractivity contribution in [1.29, 1.82) is 0 Å². The number of halogens is 1. The number of aromatic amines is 1. The van der Waals surface area contributed by atoms with Crippen molar-refractivity contribution in [3.63, 3.8) is 0 Å². The molecule has 6 heteroatoms. The van der Waals surface area contributed by atoms with Crippen LogP contribution in [0.5, 0.6) is 0 Å². The van der Waals surface area contributed by atoms with E-state index in [1.54, 1.807) is 0 Å². The van der Waals surface area contributed by atoms with Crippen molar-refractivity contribution in [2.24, 2.45) is 5.73 Å². The first kappa shape index (κ1) is 12.6. The van der Waals surface area contributed by atoms with Crippen LogP contribution in [0.4, 0.5) is 5.82 Å². The smallest absolute Gasteiger partial charge is 0.267 e. The lowest BCUT2D eigenvalue weighted by Gasteiger charge is -2.34. The third kappa shape index (κ3) is 2.69. The molecule has 0 atom stereocenters. The van der Waals surface area contributed by atoms with Crippen LogP contribution >= 0.6 is 15.9 Å². The molecule has 1 aliphatic carbocycles. The van der Waals surface area contributed by atoms with Crippen molar-refractivity contribution < 1.29 is 0 Å². The Morgan fingerprint density at radius 3 is 2.76 bits per heavy atom. The van der Waals surface area contributed by atoms with Crippen LogP contribution in [-0.2, 0) is 0 Å². The number of anilines is 1. The van der Waals surface area contributed by atoms with Gasteiger partial charge < -0.3 is 15.6 Å². The third-order valence-corrected chi connectivity index (χ3v) is 4.12. The van der Waals surface area contributed by atoms with Crippen molar-refractivity contribution in [3.05, 3.63) is 21.2 Å². The fraction of sp³-hybridized carbons (Fsp3) is 0.636. The maximum atomic E-state index is 11.5. The Labute approximate surface area is 109 Å². The van der Waals surface area contributed by atoms with Gasteiger partial charge in [0.15, 0.2) is 0 Å². The zero-order valence-electron chi connectivity index (χ0n) is 9.82. The van der Waals surface area contributed by atoms with Gasteiger partial charge >= 0.3 is 0 Å². The molecule has 0 radical (unpaired) electrons. The number of nitrogens with one attached hydrogen (secondary N) is 1. The first-order valence-corrected chi connectivity index (χ1v) is 6.60. The zero-order valence-corrected chi connectivity index (χ0v) is 11.4. The minimum atomic E-state index is -0.144. The summed E-state index contributed by atoms with van der Waals surface area (Å²) < 4.78 is 0.498. The Balaban J connectivity index is 2.17. The SMILES string of the molecule is CN(c1nc[nH]c(=O)c1Br)C1CCC(N)CC1. The summed E-state index contributed by atoms with van der Waals surface area (Å²) in [6.45, 7) is 0. The average Bonchev–Trinajstić information content (AvgIpc) is 2.33. The molecule has 17 heavy (non-hydrogen) atoms. The average molecular weight is 301 g/mol. The van der Waals surface area contributed by atoms with E-state index in [9.17, 15) is 4.79 Å². The number of hydrogen-bond acceptors (Lipinski definition) is 4. The molecular formula is C11H17BrN4O. The van der Waals surface area contributed by atoms with Crippen LogP contribution in [0, 0.1) is 0 Å². The first-order valence-electron chi connectivity index (χ1n) is 5.81. The Morgan fingerprint density at radius 1 is 1.47 bits per heavy atom. The molecule has 5 nitrogen and oxygen atoms in total. The van der Waals surface area contributed by atoms with Crippen LogP contribution in [-0.4, -0.2) is 29.1 Å². The van der Waals surface area contributed by atoms with Crippen molar-refractivity contribution in [1.82, 2.24) is 9.97 Å². The predicted octanol–water partition coefficient (Wildman–Crippen LogP) is 1.24. The standard InChI is InChI=1S/C11H17BrN4O/c1-16(8-4-2-7(13)3-5-8)10-9(12)11(17)15-6-14-10/h6-8H,2-5,13H2,1H3,(H,14,15,17). The first-order chi connectivity index (χ1) is 8.09. The maximum Gasteiger partial charge on any atom is 0.267 e. The lowest BCUT2D eigenvalue weighted by atomic mass is 9.91. The van der Waals surface area contributed by atoms with Crippen molar-refractivity contribution in [3.8, 4) is 0 Å². The van der Waals surface area contributed by atoms with E-state index in [4.69, 9.17) is 5.73 Å². The van der Waals surface area contributed by atoms with E-state index in [1.165, 1.54) is 6.33 Å². The van der Waals surface area contributed by atoms with Gasteiger partial charge in [0.2, 0.25) is 0 Å². The monoisotopic (exact) mass is 300 g/mol. The van der Waals surface area contributed by atoms with Crippen LogP contribution in [0.3, 0.4) is 0 Å². The molecule has 0 unspecified atom stereocenters. The second kappa shape index (κ2) is 5.18. The summed E-state index contributed by atoms with van der Waals surface area (Å²) in [4.78, 5) is 20.3. The summed E-state index contributed by atoms with van der Waals surface area (Å²) >= 11 is 3.29. The van der Waals surface area contributed by atoms with Gasteiger partial charge in [0.1, 0.15) is 10.3 Å². The quantitative estimate of drug-likeness (QED) is 0.862. The molecule has 1 aromatic heterocycles. The summed E-state index contributed by atoms with van der Waals surface area (Å²) in [5.41, 5.74) is 5.75. The Hall–Kier alpha value is -0.880. The van der Waals surface area contributed by atoms with Gasteiger partial charge in [-0.1, -0.05) is 0 Å². The number of H-pyrrole nitrogens is 1. The van der Waals surface area contributed by atoms with E-state index in [1.807, 2.05) is 7.05 Å². The molecule has 2 rings (SSSR count). The molecule has 3 N–H and O–H groups in total. The summed E-state index contributed by atoms with van der Waals surface area (Å²) in [5.74, 6) is 0.703. The van der Waals surface area contributed by atoms with E-state index in [0.717, 1.165) is 25.7 Å². The molecule has 94 valence electrons. The minimum absolute atomic E-state index is 0.144. The molecule has 0 aromatic carbocycles. The minimum Gasteiger partial charge on any atom is -0.356 e. The Morgan fingerprint density at radius 2 is 2.12 bits per heavy atom. The van der Waals surface area contributed by atoms with Crippen molar-refractivity contribution in [2.75, 3.05) is 11.9 Å². The van der Waals surface area contributed by atoms with Gasteiger partial charge in [-0.3, -0.25) is 4.79 Å². The molecule has 1 saturated carbocycles. The highest BCUT2D eigenvalue weighted by molar-refractivity contribution is 9.10. The number of rotatable bonds is 2. The van der Waals surface area contributed by atoms with Crippen molar-refractivity contribution in [2.45, 2.75) is 37.8 Å². The van der Waals surface area contributed by atoms with Gasteiger partial charge in [-0.25, -0.2) is 4.98 Å². The van der Waals surface area contributed by atoms with Crippen LogP contribution in [0.2, 0.25) is 0 Å². The van der Waals surface area contributed by atoms with Gasteiger partial charge in [-0.05, 0) is 41.6 Å². The number of nitrogens with zero attached hydrogens (tertiary/aromatic N) is 2. The third-order valence-electron chi connectivity index (χ3n) is 3.40. The number of aromatic nitrogens is 2. The highest BCUT2D eigenvalue weighted by Gasteiger charge is 2.24. The molecule has 1 aromatic rings. The normalized spacial score (nSPS) is 24.6. The van der Waals surface area contributed by atoms with Crippen LogP contribution in [0.25, 0.3) is 0 Å². The summed E-state index contributed by atoms with van der Waals surface area (Å²) in [6.07, 6.45) is 5.62. The number of hydrogen-bond donors (Lipinski definition) is 2. The summed E-state index contributed by atoms with van der Waals surface area (Å²) in [5, 5.41) is 0. The van der Waals surface area contributed by atoms with Gasteiger partial charge in [0.05, 0.1) is 6.33 Å². The number of nitrogens with two attached hydrogens (primary N) is 1. The van der Waals surface area contributed by atoms with Crippen LogP contribution in [0.1, 0.15) is 25.7 Å². The molecule has 0 aliphatic heterocycles. The molecule has 1 aliphatic rings. The van der Waals surface area contributed by atoms with E-state index < -0.39 is 0 Å². The predicted molar refractivity (Wildman–Crippen MR) is 71.2 cm³/mol. The second-order valence-corrected chi connectivity index (χ2v) is 5.34. The highest BCUT2D eigenvalue weighted by atomic mass is 79.9. The fourth-order valence-corrected chi connectivity index (χ4v) is 2.78. The van der Waals surface area contributed by atoms with Crippen molar-refractivity contribution >= 4 is 21.7 Å². The topological polar surface area (TPSA) is 75.0 Å². The van der Waals surface area contributed by atoms with Gasteiger partial charge in [0, 0.05) is 19.1 Å². The van der Waals surface area contributed by atoms with E-state index in [0.29, 0.717) is 22.4 Å².